The first-order valence-electron chi connectivity index (χ1n) is 6.80. The minimum atomic E-state index is -0.0417. The first-order valence-corrected chi connectivity index (χ1v) is 7.55. The van der Waals surface area contributed by atoms with Crippen LogP contribution in [0, 0.1) is 0 Å². The number of benzene rings is 2. The number of aryl methyl sites for hydroxylation is 1. The Morgan fingerprint density at radius 3 is 2.68 bits per heavy atom. The molecule has 0 unspecified atom stereocenters. The molecule has 0 spiro atoms. The van der Waals surface area contributed by atoms with Gasteiger partial charge in [-0.2, -0.15) is 0 Å². The number of halogens is 2. The lowest BCUT2D eigenvalue weighted by molar-refractivity contribution is -0.116. The number of anilines is 1. The molecule has 3 rings (SSSR count). The molecule has 0 atom stereocenters. The van der Waals surface area contributed by atoms with Gasteiger partial charge in [0.05, 0.1) is 11.0 Å². The molecule has 112 valence electrons. The molecule has 1 aromatic heterocycles. The van der Waals surface area contributed by atoms with Gasteiger partial charge in [-0.15, -0.1) is 0 Å². The van der Waals surface area contributed by atoms with E-state index in [2.05, 4.69) is 15.3 Å². The molecule has 4 nitrogen and oxygen atoms in total. The lowest BCUT2D eigenvalue weighted by atomic mass is 10.1. The lowest BCUT2D eigenvalue weighted by Crippen LogP contribution is -2.12. The Bertz CT molecular complexity index is 812. The second-order valence-electron chi connectivity index (χ2n) is 4.93. The van der Waals surface area contributed by atoms with Gasteiger partial charge in [-0.3, -0.25) is 4.79 Å². The second kappa shape index (κ2) is 6.38. The number of amides is 1. The number of rotatable bonds is 4. The summed E-state index contributed by atoms with van der Waals surface area (Å²) in [5, 5.41) is 3.90. The van der Waals surface area contributed by atoms with Gasteiger partial charge in [0.15, 0.2) is 0 Å². The Labute approximate surface area is 137 Å². The zero-order valence-electron chi connectivity index (χ0n) is 11.6. The number of hydrogen-bond donors (Lipinski definition) is 2. The molecule has 0 aliphatic rings. The van der Waals surface area contributed by atoms with E-state index < -0.39 is 0 Å². The average Bonchev–Trinajstić information content (AvgIpc) is 2.86. The summed E-state index contributed by atoms with van der Waals surface area (Å²) in [6, 6.07) is 12.9. The van der Waals surface area contributed by atoms with Crippen LogP contribution in [0.25, 0.3) is 11.0 Å². The van der Waals surface area contributed by atoms with E-state index in [1.807, 2.05) is 36.4 Å². The summed E-state index contributed by atoms with van der Waals surface area (Å²) in [5.41, 5.74) is 3.36. The molecule has 0 fully saturated rings. The third kappa shape index (κ3) is 3.59. The SMILES string of the molecule is O=C(CCc1ccc(Cl)cc1)Nc1ccc2nc(Cl)[nH]c2c1. The van der Waals surface area contributed by atoms with Gasteiger partial charge in [-0.25, -0.2) is 4.98 Å². The number of H-pyrrole nitrogens is 1. The van der Waals surface area contributed by atoms with Crippen LogP contribution >= 0.6 is 23.2 Å². The van der Waals surface area contributed by atoms with Crippen molar-refractivity contribution in [1.29, 1.82) is 0 Å². The Balaban J connectivity index is 1.61. The highest BCUT2D eigenvalue weighted by atomic mass is 35.5. The highest BCUT2D eigenvalue weighted by molar-refractivity contribution is 6.30. The van der Waals surface area contributed by atoms with Crippen molar-refractivity contribution in [1.82, 2.24) is 9.97 Å². The van der Waals surface area contributed by atoms with Crippen LogP contribution in [-0.2, 0) is 11.2 Å². The monoisotopic (exact) mass is 333 g/mol. The molecule has 2 aromatic carbocycles. The number of carbonyl (C=O) groups excluding carboxylic acids is 1. The largest absolute Gasteiger partial charge is 0.329 e. The van der Waals surface area contributed by atoms with E-state index in [4.69, 9.17) is 23.2 Å². The van der Waals surface area contributed by atoms with Crippen LogP contribution in [0.15, 0.2) is 42.5 Å². The van der Waals surface area contributed by atoms with Gasteiger partial charge in [0.2, 0.25) is 11.2 Å². The number of imidazole rings is 1. The maximum Gasteiger partial charge on any atom is 0.224 e. The zero-order chi connectivity index (χ0) is 15.5. The molecule has 0 aliphatic carbocycles. The van der Waals surface area contributed by atoms with Crippen LogP contribution in [0.2, 0.25) is 10.3 Å². The number of nitrogens with zero attached hydrogens (tertiary/aromatic N) is 1. The first kappa shape index (κ1) is 14.9. The van der Waals surface area contributed by atoms with Gasteiger partial charge >= 0.3 is 0 Å². The highest BCUT2D eigenvalue weighted by Crippen LogP contribution is 2.19. The van der Waals surface area contributed by atoms with Crippen molar-refractivity contribution in [2.24, 2.45) is 0 Å². The van der Waals surface area contributed by atoms with Crippen molar-refractivity contribution in [3.05, 3.63) is 58.3 Å². The molecule has 0 bridgehead atoms. The minimum absolute atomic E-state index is 0.0417. The predicted molar refractivity (Wildman–Crippen MR) is 89.5 cm³/mol. The minimum Gasteiger partial charge on any atom is -0.329 e. The summed E-state index contributed by atoms with van der Waals surface area (Å²) in [5.74, 6) is -0.0417. The van der Waals surface area contributed by atoms with Crippen LogP contribution in [0.1, 0.15) is 12.0 Å². The van der Waals surface area contributed by atoms with Gasteiger partial charge in [-0.05, 0) is 53.9 Å². The van der Waals surface area contributed by atoms with Crippen molar-refractivity contribution in [2.75, 3.05) is 5.32 Å². The van der Waals surface area contributed by atoms with E-state index in [-0.39, 0.29) is 5.91 Å². The smallest absolute Gasteiger partial charge is 0.224 e. The van der Waals surface area contributed by atoms with Gasteiger partial charge in [0, 0.05) is 17.1 Å². The van der Waals surface area contributed by atoms with Crippen molar-refractivity contribution in [2.45, 2.75) is 12.8 Å². The van der Waals surface area contributed by atoms with E-state index in [9.17, 15) is 4.79 Å². The summed E-state index contributed by atoms with van der Waals surface area (Å²) < 4.78 is 0. The van der Waals surface area contributed by atoms with Gasteiger partial charge < -0.3 is 10.3 Å². The number of carbonyl (C=O) groups is 1. The second-order valence-corrected chi connectivity index (χ2v) is 5.73. The summed E-state index contributed by atoms with van der Waals surface area (Å²) in [6.07, 6.45) is 1.07. The normalized spacial score (nSPS) is 10.8. The van der Waals surface area contributed by atoms with Crippen molar-refractivity contribution >= 4 is 45.8 Å². The van der Waals surface area contributed by atoms with Crippen molar-refractivity contribution < 1.29 is 4.79 Å². The molecule has 2 N–H and O–H groups in total. The molecular formula is C16H13Cl2N3O. The maximum absolute atomic E-state index is 12.0. The topological polar surface area (TPSA) is 57.8 Å². The summed E-state index contributed by atoms with van der Waals surface area (Å²) >= 11 is 11.6. The molecule has 22 heavy (non-hydrogen) atoms. The molecule has 0 aliphatic heterocycles. The van der Waals surface area contributed by atoms with Gasteiger partial charge in [0.25, 0.3) is 0 Å². The summed E-state index contributed by atoms with van der Waals surface area (Å²) in [4.78, 5) is 19.0. The number of aromatic nitrogens is 2. The maximum atomic E-state index is 12.0. The number of hydrogen-bond acceptors (Lipinski definition) is 2. The Hall–Kier alpha value is -2.04. The molecule has 0 saturated heterocycles. The van der Waals surface area contributed by atoms with Gasteiger partial charge in [-0.1, -0.05) is 23.7 Å². The van der Waals surface area contributed by atoms with Crippen molar-refractivity contribution in [3.63, 3.8) is 0 Å². The standard InChI is InChI=1S/C16H13Cl2N3O/c17-11-4-1-10(2-5-11)3-8-15(22)19-12-6-7-13-14(9-12)21-16(18)20-13/h1-2,4-7,9H,3,8H2,(H,19,22)(H,20,21). The number of nitrogens with one attached hydrogen (secondary N) is 2. The zero-order valence-corrected chi connectivity index (χ0v) is 13.1. The van der Waals surface area contributed by atoms with Gasteiger partial charge in [0.1, 0.15) is 0 Å². The molecule has 0 saturated carbocycles. The lowest BCUT2D eigenvalue weighted by Gasteiger charge is -2.05. The predicted octanol–water partition coefficient (Wildman–Crippen LogP) is 4.44. The fourth-order valence-electron chi connectivity index (χ4n) is 2.19. The first-order chi connectivity index (χ1) is 10.6. The molecule has 0 radical (unpaired) electrons. The molecular weight excluding hydrogens is 321 g/mol. The number of fused-ring (bicyclic) bond motifs is 1. The van der Waals surface area contributed by atoms with Crippen molar-refractivity contribution in [3.8, 4) is 0 Å². The average molecular weight is 334 g/mol. The molecule has 1 amide bonds. The Kier molecular flexibility index (Phi) is 4.32. The molecule has 1 heterocycles. The fraction of sp³-hybridized carbons (Fsp3) is 0.125. The quantitative estimate of drug-likeness (QED) is 0.741. The van der Waals surface area contributed by atoms with Crippen LogP contribution in [0.4, 0.5) is 5.69 Å². The van der Waals surface area contributed by atoms with Crippen LogP contribution in [0.3, 0.4) is 0 Å². The number of aromatic amines is 1. The fourth-order valence-corrected chi connectivity index (χ4v) is 2.51. The van der Waals surface area contributed by atoms with E-state index in [0.717, 1.165) is 16.6 Å². The third-order valence-electron chi connectivity index (χ3n) is 3.29. The molecule has 6 heteroatoms. The summed E-state index contributed by atoms with van der Waals surface area (Å²) in [6.45, 7) is 0. The van der Waals surface area contributed by atoms with E-state index in [0.29, 0.717) is 28.8 Å². The highest BCUT2D eigenvalue weighted by Gasteiger charge is 2.06. The van der Waals surface area contributed by atoms with E-state index >= 15 is 0 Å². The third-order valence-corrected chi connectivity index (χ3v) is 3.72. The molecule has 3 aromatic rings. The Morgan fingerprint density at radius 2 is 1.91 bits per heavy atom. The Morgan fingerprint density at radius 1 is 1.14 bits per heavy atom. The van der Waals surface area contributed by atoms with Crippen LogP contribution in [0.5, 0.6) is 0 Å². The summed E-state index contributed by atoms with van der Waals surface area (Å²) in [7, 11) is 0. The van der Waals surface area contributed by atoms with Crippen LogP contribution < -0.4 is 5.32 Å². The van der Waals surface area contributed by atoms with E-state index in [1.54, 1.807) is 6.07 Å². The van der Waals surface area contributed by atoms with Crippen LogP contribution in [-0.4, -0.2) is 15.9 Å². The van der Waals surface area contributed by atoms with E-state index in [1.165, 1.54) is 0 Å².